The molecule has 1 fully saturated rings. The molecule has 4 rings (SSSR count). The molecule has 1 N–H and O–H groups in total. The van der Waals surface area contributed by atoms with Gasteiger partial charge in [0.1, 0.15) is 0 Å². The Kier molecular flexibility index (Phi) is 3.16. The van der Waals surface area contributed by atoms with Crippen molar-refractivity contribution in [1.29, 1.82) is 0 Å². The standard InChI is InChI=1S/C16H15BrN2O4/c1-19-12(6-11(18-19)15(20)21)9-4-13-14(5-10(9)17)23-8-16(2-3-16)7-22-13/h4-6H,2-3,7-8H2,1H3,(H,20,21). The zero-order valence-electron chi connectivity index (χ0n) is 12.5. The summed E-state index contributed by atoms with van der Waals surface area (Å²) in [4.78, 5) is 11.1. The highest BCUT2D eigenvalue weighted by Crippen LogP contribution is 2.50. The summed E-state index contributed by atoms with van der Waals surface area (Å²) in [6.07, 6.45) is 2.28. The summed E-state index contributed by atoms with van der Waals surface area (Å²) in [5.74, 6) is 0.350. The number of nitrogens with zero attached hydrogens (tertiary/aromatic N) is 2. The highest BCUT2D eigenvalue weighted by Gasteiger charge is 2.46. The van der Waals surface area contributed by atoms with Gasteiger partial charge in [-0.1, -0.05) is 0 Å². The number of aromatic nitrogens is 2. The fourth-order valence-corrected chi connectivity index (χ4v) is 3.28. The molecule has 1 aromatic heterocycles. The second-order valence-electron chi connectivity index (χ2n) is 6.20. The number of benzene rings is 1. The van der Waals surface area contributed by atoms with Gasteiger partial charge in [-0.25, -0.2) is 4.79 Å². The van der Waals surface area contributed by atoms with Crippen molar-refractivity contribution in [1.82, 2.24) is 9.78 Å². The van der Waals surface area contributed by atoms with Gasteiger partial charge < -0.3 is 14.6 Å². The second kappa shape index (κ2) is 4.99. The number of carboxylic acids is 1. The predicted octanol–water partition coefficient (Wildman–Crippen LogP) is 3.10. The topological polar surface area (TPSA) is 73.6 Å². The molecule has 1 spiro atoms. The Bertz CT molecular complexity index is 811. The van der Waals surface area contributed by atoms with Gasteiger partial charge in [-0.05, 0) is 47.0 Å². The minimum Gasteiger partial charge on any atom is -0.489 e. The lowest BCUT2D eigenvalue weighted by Crippen LogP contribution is -2.17. The summed E-state index contributed by atoms with van der Waals surface area (Å²) in [6, 6.07) is 5.30. The summed E-state index contributed by atoms with van der Waals surface area (Å²) >= 11 is 3.54. The first-order valence-electron chi connectivity index (χ1n) is 7.34. The van der Waals surface area contributed by atoms with Crippen LogP contribution in [0.3, 0.4) is 0 Å². The van der Waals surface area contributed by atoms with E-state index in [1.807, 2.05) is 12.1 Å². The van der Waals surface area contributed by atoms with Crippen LogP contribution in [0.5, 0.6) is 11.5 Å². The van der Waals surface area contributed by atoms with Crippen LogP contribution in [0, 0.1) is 5.41 Å². The van der Waals surface area contributed by atoms with Crippen molar-refractivity contribution in [3.05, 3.63) is 28.4 Å². The number of ether oxygens (including phenoxy) is 2. The minimum atomic E-state index is -1.05. The third-order valence-corrected chi connectivity index (χ3v) is 5.09. The van der Waals surface area contributed by atoms with Crippen molar-refractivity contribution in [3.63, 3.8) is 0 Å². The number of halogens is 1. The molecule has 0 saturated heterocycles. The van der Waals surface area contributed by atoms with Gasteiger partial charge in [0, 0.05) is 22.5 Å². The largest absolute Gasteiger partial charge is 0.489 e. The lowest BCUT2D eigenvalue weighted by molar-refractivity contribution is 0.0689. The normalized spacial score (nSPS) is 17.8. The molecule has 0 unspecified atom stereocenters. The SMILES string of the molecule is Cn1nc(C(=O)O)cc1-c1cc2c(cc1Br)OCC1(CC1)CO2. The van der Waals surface area contributed by atoms with Crippen LogP contribution in [-0.4, -0.2) is 34.1 Å². The molecule has 23 heavy (non-hydrogen) atoms. The van der Waals surface area contributed by atoms with E-state index in [1.165, 1.54) is 0 Å². The maximum atomic E-state index is 11.1. The monoisotopic (exact) mass is 378 g/mol. The van der Waals surface area contributed by atoms with E-state index in [2.05, 4.69) is 21.0 Å². The summed E-state index contributed by atoms with van der Waals surface area (Å²) in [5.41, 5.74) is 1.71. The quantitative estimate of drug-likeness (QED) is 0.868. The average molecular weight is 379 g/mol. The van der Waals surface area contributed by atoms with Crippen molar-refractivity contribution >= 4 is 21.9 Å². The Morgan fingerprint density at radius 3 is 2.48 bits per heavy atom. The minimum absolute atomic E-state index is 0.0124. The van der Waals surface area contributed by atoms with Crippen LogP contribution in [0.1, 0.15) is 23.3 Å². The number of aromatic carboxylic acids is 1. The number of hydrogen-bond donors (Lipinski definition) is 1. The maximum absolute atomic E-state index is 11.1. The molecule has 6 nitrogen and oxygen atoms in total. The lowest BCUT2D eigenvalue weighted by atomic mass is 10.1. The molecule has 7 heteroatoms. The molecule has 0 bridgehead atoms. The molecule has 0 amide bonds. The van der Waals surface area contributed by atoms with Crippen LogP contribution >= 0.6 is 15.9 Å². The zero-order valence-corrected chi connectivity index (χ0v) is 14.1. The van der Waals surface area contributed by atoms with Crippen LogP contribution in [0.4, 0.5) is 0 Å². The summed E-state index contributed by atoms with van der Waals surface area (Å²) in [5, 5.41) is 13.1. The molecule has 1 aliphatic heterocycles. The predicted molar refractivity (Wildman–Crippen MR) is 86.0 cm³/mol. The van der Waals surface area contributed by atoms with Crippen molar-refractivity contribution < 1.29 is 19.4 Å². The van der Waals surface area contributed by atoms with E-state index < -0.39 is 5.97 Å². The molecule has 2 heterocycles. The van der Waals surface area contributed by atoms with Gasteiger partial charge in [-0.3, -0.25) is 4.68 Å². The van der Waals surface area contributed by atoms with Crippen molar-refractivity contribution in [3.8, 4) is 22.8 Å². The van der Waals surface area contributed by atoms with E-state index in [9.17, 15) is 4.79 Å². The van der Waals surface area contributed by atoms with Crippen molar-refractivity contribution in [2.45, 2.75) is 12.8 Å². The Hall–Kier alpha value is -2.02. The fraction of sp³-hybridized carbons (Fsp3) is 0.375. The zero-order chi connectivity index (χ0) is 16.2. The highest BCUT2D eigenvalue weighted by atomic mass is 79.9. The first kappa shape index (κ1) is 14.6. The Morgan fingerprint density at radius 2 is 1.91 bits per heavy atom. The summed E-state index contributed by atoms with van der Waals surface area (Å²) < 4.78 is 14.2. The van der Waals surface area contributed by atoms with E-state index in [0.29, 0.717) is 30.4 Å². The number of carbonyl (C=O) groups is 1. The molecule has 0 radical (unpaired) electrons. The first-order valence-corrected chi connectivity index (χ1v) is 8.14. The lowest BCUT2D eigenvalue weighted by Gasteiger charge is -2.11. The molecule has 0 atom stereocenters. The molecule has 2 aromatic rings. The van der Waals surface area contributed by atoms with Crippen LogP contribution in [0.2, 0.25) is 0 Å². The van der Waals surface area contributed by atoms with E-state index in [-0.39, 0.29) is 11.1 Å². The van der Waals surface area contributed by atoms with Gasteiger partial charge in [0.2, 0.25) is 0 Å². The molecule has 1 aliphatic carbocycles. The molecule has 2 aliphatic rings. The number of carboxylic acid groups (broad SMARTS) is 1. The van der Waals surface area contributed by atoms with Gasteiger partial charge in [-0.15, -0.1) is 0 Å². The van der Waals surface area contributed by atoms with E-state index in [0.717, 1.165) is 22.9 Å². The Morgan fingerprint density at radius 1 is 1.26 bits per heavy atom. The van der Waals surface area contributed by atoms with Crippen molar-refractivity contribution in [2.24, 2.45) is 12.5 Å². The van der Waals surface area contributed by atoms with E-state index in [1.54, 1.807) is 17.8 Å². The number of aryl methyl sites for hydroxylation is 1. The van der Waals surface area contributed by atoms with Crippen LogP contribution in [0.15, 0.2) is 22.7 Å². The summed E-state index contributed by atoms with van der Waals surface area (Å²) in [6.45, 7) is 1.34. The van der Waals surface area contributed by atoms with Gasteiger partial charge in [0.05, 0.1) is 18.9 Å². The molecular formula is C16H15BrN2O4. The maximum Gasteiger partial charge on any atom is 0.356 e. The third kappa shape index (κ3) is 2.49. The smallest absolute Gasteiger partial charge is 0.356 e. The number of rotatable bonds is 2. The molecular weight excluding hydrogens is 364 g/mol. The average Bonchev–Trinajstić information content (AvgIpc) is 3.22. The fourth-order valence-electron chi connectivity index (χ4n) is 2.75. The number of fused-ring (bicyclic) bond motifs is 1. The Labute approximate surface area is 141 Å². The van der Waals surface area contributed by atoms with Crippen LogP contribution < -0.4 is 9.47 Å². The van der Waals surface area contributed by atoms with Gasteiger partial charge in [0.15, 0.2) is 17.2 Å². The molecule has 1 aromatic carbocycles. The molecule has 120 valence electrons. The van der Waals surface area contributed by atoms with Crippen LogP contribution in [-0.2, 0) is 7.05 Å². The van der Waals surface area contributed by atoms with Crippen molar-refractivity contribution in [2.75, 3.05) is 13.2 Å². The van der Waals surface area contributed by atoms with E-state index >= 15 is 0 Å². The first-order chi connectivity index (χ1) is 11.0. The van der Waals surface area contributed by atoms with Gasteiger partial charge >= 0.3 is 5.97 Å². The third-order valence-electron chi connectivity index (χ3n) is 4.43. The van der Waals surface area contributed by atoms with Gasteiger partial charge in [-0.2, -0.15) is 5.10 Å². The Balaban J connectivity index is 1.76. The van der Waals surface area contributed by atoms with E-state index in [4.69, 9.17) is 14.6 Å². The number of hydrogen-bond acceptors (Lipinski definition) is 4. The second-order valence-corrected chi connectivity index (χ2v) is 7.05. The summed E-state index contributed by atoms with van der Waals surface area (Å²) in [7, 11) is 1.72. The molecule has 1 saturated carbocycles. The van der Waals surface area contributed by atoms with Crippen LogP contribution in [0.25, 0.3) is 11.3 Å². The highest BCUT2D eigenvalue weighted by molar-refractivity contribution is 9.10. The van der Waals surface area contributed by atoms with Gasteiger partial charge in [0.25, 0.3) is 0 Å².